The van der Waals surface area contributed by atoms with Crippen molar-refractivity contribution in [1.29, 1.82) is 0 Å². The van der Waals surface area contributed by atoms with E-state index in [1.54, 1.807) is 12.1 Å². The van der Waals surface area contributed by atoms with Crippen molar-refractivity contribution in [2.75, 3.05) is 6.61 Å². The van der Waals surface area contributed by atoms with Crippen LogP contribution < -0.4 is 5.73 Å². The zero-order valence-corrected chi connectivity index (χ0v) is 12.1. The first-order valence-electron chi connectivity index (χ1n) is 6.44. The predicted octanol–water partition coefficient (Wildman–Crippen LogP) is 2.51. The third-order valence-electron chi connectivity index (χ3n) is 2.25. The van der Waals surface area contributed by atoms with E-state index in [1.165, 1.54) is 0 Å². The number of carbonyl (C=O) groups excluding carboxylic acids is 1. The molecule has 0 radical (unpaired) electrons. The molecule has 0 aliphatic heterocycles. The first kappa shape index (κ1) is 15.7. The third kappa shape index (κ3) is 6.36. The summed E-state index contributed by atoms with van der Waals surface area (Å²) < 4.78 is 10.7. The summed E-state index contributed by atoms with van der Waals surface area (Å²) >= 11 is 0. The minimum atomic E-state index is -0.353. The summed E-state index contributed by atoms with van der Waals surface area (Å²) in [5.41, 5.74) is 6.96. The summed E-state index contributed by atoms with van der Waals surface area (Å²) in [6, 6.07) is 7.26. The van der Waals surface area contributed by atoms with Gasteiger partial charge in [0.25, 0.3) is 0 Å². The molecule has 0 aromatic heterocycles. The summed E-state index contributed by atoms with van der Waals surface area (Å²) in [5.74, 6) is -0.309. The van der Waals surface area contributed by atoms with Gasteiger partial charge in [0.15, 0.2) is 0 Å². The molecule has 0 heterocycles. The van der Waals surface area contributed by atoms with E-state index in [2.05, 4.69) is 0 Å². The average Bonchev–Trinajstić information content (AvgIpc) is 2.26. The lowest BCUT2D eigenvalue weighted by Crippen LogP contribution is -2.37. The van der Waals surface area contributed by atoms with Crippen LogP contribution in [0.5, 0.6) is 0 Å². The highest BCUT2D eigenvalue weighted by atomic mass is 16.5. The lowest BCUT2D eigenvalue weighted by molar-refractivity contribution is 0.0377. The van der Waals surface area contributed by atoms with E-state index in [0.717, 1.165) is 5.56 Å². The molecule has 1 aromatic rings. The van der Waals surface area contributed by atoms with Gasteiger partial charge in [-0.25, -0.2) is 4.79 Å². The van der Waals surface area contributed by atoms with E-state index in [9.17, 15) is 4.79 Å². The van der Waals surface area contributed by atoms with E-state index in [4.69, 9.17) is 15.2 Å². The second kappa shape index (κ2) is 6.68. The summed E-state index contributed by atoms with van der Waals surface area (Å²) in [6.07, 6.45) is -0.120. The van der Waals surface area contributed by atoms with Gasteiger partial charge in [-0.3, -0.25) is 0 Å². The number of hydrogen-bond acceptors (Lipinski definition) is 4. The monoisotopic (exact) mass is 265 g/mol. The lowest BCUT2D eigenvalue weighted by atomic mass is 10.1. The first-order valence-corrected chi connectivity index (χ1v) is 6.44. The zero-order chi connectivity index (χ0) is 14.5. The second-order valence-corrected chi connectivity index (χ2v) is 5.64. The Balaban J connectivity index is 2.59. The summed E-state index contributed by atoms with van der Waals surface area (Å²) in [4.78, 5) is 11.8. The maximum Gasteiger partial charge on any atom is 0.338 e. The van der Waals surface area contributed by atoms with Gasteiger partial charge in [-0.15, -0.1) is 0 Å². The molecule has 106 valence electrons. The SMILES string of the molecule is CC(C)OC(=O)c1cccc(COCC(C)(C)N)c1. The Morgan fingerprint density at radius 1 is 1.37 bits per heavy atom. The fraction of sp³-hybridized carbons (Fsp3) is 0.533. The Kier molecular flexibility index (Phi) is 5.51. The maximum absolute atomic E-state index is 11.8. The van der Waals surface area contributed by atoms with Gasteiger partial charge in [0.05, 0.1) is 24.9 Å². The van der Waals surface area contributed by atoms with Crippen LogP contribution in [0.3, 0.4) is 0 Å². The zero-order valence-electron chi connectivity index (χ0n) is 12.1. The van der Waals surface area contributed by atoms with Crippen molar-refractivity contribution >= 4 is 5.97 Å². The molecule has 0 amide bonds. The number of rotatable bonds is 6. The fourth-order valence-corrected chi connectivity index (χ4v) is 1.50. The highest BCUT2D eigenvalue weighted by Gasteiger charge is 2.12. The molecular formula is C15H23NO3. The summed E-state index contributed by atoms with van der Waals surface area (Å²) in [6.45, 7) is 8.37. The molecule has 0 fully saturated rings. The second-order valence-electron chi connectivity index (χ2n) is 5.64. The Hall–Kier alpha value is -1.39. The van der Waals surface area contributed by atoms with Crippen molar-refractivity contribution in [2.45, 2.75) is 45.9 Å². The smallest absolute Gasteiger partial charge is 0.338 e. The Morgan fingerprint density at radius 3 is 2.63 bits per heavy atom. The highest BCUT2D eigenvalue weighted by molar-refractivity contribution is 5.89. The number of nitrogens with two attached hydrogens (primary N) is 1. The molecule has 0 spiro atoms. The Labute approximate surface area is 114 Å². The Morgan fingerprint density at radius 2 is 2.05 bits per heavy atom. The van der Waals surface area contributed by atoms with E-state index < -0.39 is 0 Å². The minimum absolute atomic E-state index is 0.120. The standard InChI is InChI=1S/C15H23NO3/c1-11(2)19-14(17)13-7-5-6-12(8-13)9-18-10-15(3,4)16/h5-8,11H,9-10,16H2,1-4H3. The van der Waals surface area contributed by atoms with Crippen molar-refractivity contribution in [3.05, 3.63) is 35.4 Å². The van der Waals surface area contributed by atoms with Crippen molar-refractivity contribution < 1.29 is 14.3 Å². The predicted molar refractivity (Wildman–Crippen MR) is 74.9 cm³/mol. The number of ether oxygens (including phenoxy) is 2. The fourth-order valence-electron chi connectivity index (χ4n) is 1.50. The van der Waals surface area contributed by atoms with Crippen molar-refractivity contribution in [3.63, 3.8) is 0 Å². The third-order valence-corrected chi connectivity index (χ3v) is 2.25. The maximum atomic E-state index is 11.8. The molecule has 0 bridgehead atoms. The molecule has 1 rings (SSSR count). The first-order chi connectivity index (χ1) is 8.78. The van der Waals surface area contributed by atoms with E-state index >= 15 is 0 Å². The van der Waals surface area contributed by atoms with Gasteiger partial charge in [-0.05, 0) is 45.4 Å². The van der Waals surface area contributed by atoms with Gasteiger partial charge < -0.3 is 15.2 Å². The molecule has 19 heavy (non-hydrogen) atoms. The van der Waals surface area contributed by atoms with Crippen LogP contribution in [0.25, 0.3) is 0 Å². The van der Waals surface area contributed by atoms with Gasteiger partial charge in [-0.1, -0.05) is 12.1 Å². The molecule has 2 N–H and O–H groups in total. The quantitative estimate of drug-likeness (QED) is 0.803. The van der Waals surface area contributed by atoms with Gasteiger partial charge in [-0.2, -0.15) is 0 Å². The number of carbonyl (C=O) groups is 1. The summed E-state index contributed by atoms with van der Waals surface area (Å²) in [5, 5.41) is 0. The van der Waals surface area contributed by atoms with Gasteiger partial charge in [0.2, 0.25) is 0 Å². The van der Waals surface area contributed by atoms with E-state index in [0.29, 0.717) is 18.8 Å². The van der Waals surface area contributed by atoms with Gasteiger partial charge in [0.1, 0.15) is 0 Å². The normalized spacial score (nSPS) is 11.7. The van der Waals surface area contributed by atoms with Crippen molar-refractivity contribution in [1.82, 2.24) is 0 Å². The van der Waals surface area contributed by atoms with Crippen molar-refractivity contribution in [2.24, 2.45) is 5.73 Å². The van der Waals surface area contributed by atoms with Crippen LogP contribution >= 0.6 is 0 Å². The van der Waals surface area contributed by atoms with Gasteiger partial charge in [0, 0.05) is 5.54 Å². The van der Waals surface area contributed by atoms with Crippen LogP contribution in [0.1, 0.15) is 43.6 Å². The molecular weight excluding hydrogens is 242 g/mol. The van der Waals surface area contributed by atoms with Crippen LogP contribution in [-0.2, 0) is 16.1 Å². The number of benzene rings is 1. The molecule has 4 nitrogen and oxygen atoms in total. The molecule has 0 aliphatic carbocycles. The molecule has 4 heteroatoms. The minimum Gasteiger partial charge on any atom is -0.459 e. The highest BCUT2D eigenvalue weighted by Crippen LogP contribution is 2.10. The van der Waals surface area contributed by atoms with E-state index in [1.807, 2.05) is 39.8 Å². The van der Waals surface area contributed by atoms with Crippen LogP contribution in [0.4, 0.5) is 0 Å². The summed E-state index contributed by atoms with van der Waals surface area (Å²) in [7, 11) is 0. The molecule has 0 unspecified atom stereocenters. The molecule has 0 saturated heterocycles. The van der Waals surface area contributed by atoms with Gasteiger partial charge >= 0.3 is 5.97 Å². The number of hydrogen-bond donors (Lipinski definition) is 1. The Bertz CT molecular complexity index is 422. The molecule has 1 aromatic carbocycles. The largest absolute Gasteiger partial charge is 0.459 e. The van der Waals surface area contributed by atoms with Crippen molar-refractivity contribution in [3.8, 4) is 0 Å². The van der Waals surface area contributed by atoms with Crippen LogP contribution in [-0.4, -0.2) is 24.2 Å². The molecule has 0 aliphatic rings. The molecule has 0 saturated carbocycles. The average molecular weight is 265 g/mol. The molecule has 0 atom stereocenters. The van der Waals surface area contributed by atoms with Crippen LogP contribution in [0.15, 0.2) is 24.3 Å². The van der Waals surface area contributed by atoms with Crippen LogP contribution in [0.2, 0.25) is 0 Å². The van der Waals surface area contributed by atoms with E-state index in [-0.39, 0.29) is 17.6 Å². The lowest BCUT2D eigenvalue weighted by Gasteiger charge is -2.18. The number of esters is 1. The topological polar surface area (TPSA) is 61.5 Å². The van der Waals surface area contributed by atoms with Crippen LogP contribution in [0, 0.1) is 0 Å².